The molecule has 1 N–H and O–H groups in total. The SMILES string of the molecule is CCN1CCOC(C(=O)N(Cc2ccc(C(=O)NC3CC3)cc2)C2CC2)C1. The molecule has 2 saturated carbocycles. The van der Waals surface area contributed by atoms with Crippen LogP contribution >= 0.6 is 0 Å². The fourth-order valence-electron chi connectivity index (χ4n) is 3.55. The first-order chi connectivity index (χ1) is 13.1. The highest BCUT2D eigenvalue weighted by Crippen LogP contribution is 2.30. The molecule has 146 valence electrons. The Bertz CT molecular complexity index is 682. The summed E-state index contributed by atoms with van der Waals surface area (Å²) in [4.78, 5) is 29.4. The molecule has 4 rings (SSSR count). The molecule has 1 aromatic rings. The van der Waals surface area contributed by atoms with Crippen LogP contribution in [0.4, 0.5) is 0 Å². The Morgan fingerprint density at radius 3 is 2.56 bits per heavy atom. The van der Waals surface area contributed by atoms with Crippen LogP contribution in [0, 0.1) is 0 Å². The molecule has 1 unspecified atom stereocenters. The number of amides is 2. The van der Waals surface area contributed by atoms with Crippen LogP contribution in [0.2, 0.25) is 0 Å². The number of likely N-dealkylation sites (N-methyl/N-ethyl adjacent to an activating group) is 1. The highest BCUT2D eigenvalue weighted by atomic mass is 16.5. The van der Waals surface area contributed by atoms with Crippen LogP contribution in [0.15, 0.2) is 24.3 Å². The minimum atomic E-state index is -0.358. The number of carbonyl (C=O) groups excluding carboxylic acids is 2. The number of nitrogens with one attached hydrogen (secondary N) is 1. The van der Waals surface area contributed by atoms with Crippen molar-refractivity contribution < 1.29 is 14.3 Å². The zero-order chi connectivity index (χ0) is 18.8. The zero-order valence-corrected chi connectivity index (χ0v) is 16.0. The normalized spacial score (nSPS) is 23.1. The monoisotopic (exact) mass is 371 g/mol. The average molecular weight is 371 g/mol. The number of nitrogens with zero attached hydrogens (tertiary/aromatic N) is 2. The number of benzene rings is 1. The van der Waals surface area contributed by atoms with Crippen LogP contribution in [0.3, 0.4) is 0 Å². The van der Waals surface area contributed by atoms with E-state index >= 15 is 0 Å². The van der Waals surface area contributed by atoms with Gasteiger partial charge in [-0.1, -0.05) is 19.1 Å². The van der Waals surface area contributed by atoms with Gasteiger partial charge in [-0.05, 0) is 49.9 Å². The van der Waals surface area contributed by atoms with Crippen molar-refractivity contribution in [1.82, 2.24) is 15.1 Å². The fraction of sp³-hybridized carbons (Fsp3) is 0.619. The summed E-state index contributed by atoms with van der Waals surface area (Å²) in [5.41, 5.74) is 1.74. The number of rotatable bonds is 7. The van der Waals surface area contributed by atoms with E-state index in [-0.39, 0.29) is 17.9 Å². The number of hydrogen-bond donors (Lipinski definition) is 1. The van der Waals surface area contributed by atoms with E-state index in [1.54, 1.807) is 0 Å². The molecule has 6 heteroatoms. The Kier molecular flexibility index (Phi) is 5.45. The summed E-state index contributed by atoms with van der Waals surface area (Å²) >= 11 is 0. The lowest BCUT2D eigenvalue weighted by molar-refractivity contribution is -0.150. The lowest BCUT2D eigenvalue weighted by Gasteiger charge is -2.34. The molecule has 1 aromatic carbocycles. The maximum atomic E-state index is 13.1. The van der Waals surface area contributed by atoms with Crippen LogP contribution in [-0.4, -0.2) is 66.0 Å². The van der Waals surface area contributed by atoms with Crippen LogP contribution in [0.5, 0.6) is 0 Å². The van der Waals surface area contributed by atoms with Crippen molar-refractivity contribution in [3.63, 3.8) is 0 Å². The van der Waals surface area contributed by atoms with Crippen molar-refractivity contribution in [2.75, 3.05) is 26.2 Å². The predicted octanol–water partition coefficient (Wildman–Crippen LogP) is 1.79. The van der Waals surface area contributed by atoms with E-state index in [0.717, 1.165) is 44.3 Å². The minimum Gasteiger partial charge on any atom is -0.366 e. The van der Waals surface area contributed by atoms with E-state index < -0.39 is 0 Å². The highest BCUT2D eigenvalue weighted by molar-refractivity contribution is 5.94. The van der Waals surface area contributed by atoms with Crippen LogP contribution < -0.4 is 5.32 Å². The molecule has 6 nitrogen and oxygen atoms in total. The van der Waals surface area contributed by atoms with Gasteiger partial charge in [-0.3, -0.25) is 14.5 Å². The number of hydrogen-bond acceptors (Lipinski definition) is 4. The van der Waals surface area contributed by atoms with Crippen molar-refractivity contribution in [3.05, 3.63) is 35.4 Å². The van der Waals surface area contributed by atoms with Crippen molar-refractivity contribution in [2.45, 2.75) is 57.3 Å². The summed E-state index contributed by atoms with van der Waals surface area (Å²) in [6.07, 6.45) is 3.94. The standard InChI is InChI=1S/C21H29N3O3/c1-2-23-11-12-27-19(14-23)21(26)24(18-9-10-18)13-15-3-5-16(6-4-15)20(25)22-17-7-8-17/h3-6,17-19H,2,7-14H2,1H3,(H,22,25). The quantitative estimate of drug-likeness (QED) is 0.794. The molecular formula is C21H29N3O3. The molecule has 0 aromatic heterocycles. The number of morpholine rings is 1. The summed E-state index contributed by atoms with van der Waals surface area (Å²) in [5, 5.41) is 3.00. The molecule has 0 bridgehead atoms. The third kappa shape index (κ3) is 4.68. The Labute approximate surface area is 160 Å². The third-order valence-corrected chi connectivity index (χ3v) is 5.63. The highest BCUT2D eigenvalue weighted by Gasteiger charge is 2.37. The Morgan fingerprint density at radius 2 is 1.93 bits per heavy atom. The molecule has 0 radical (unpaired) electrons. The molecule has 27 heavy (non-hydrogen) atoms. The van der Waals surface area contributed by atoms with Gasteiger partial charge in [0.05, 0.1) is 6.61 Å². The fourth-order valence-corrected chi connectivity index (χ4v) is 3.55. The minimum absolute atomic E-state index is 0.00515. The Morgan fingerprint density at radius 1 is 1.19 bits per heavy atom. The first-order valence-electron chi connectivity index (χ1n) is 10.2. The maximum absolute atomic E-state index is 13.1. The van der Waals surface area contributed by atoms with Crippen molar-refractivity contribution in [3.8, 4) is 0 Å². The molecule has 1 atom stereocenters. The molecule has 0 spiro atoms. The van der Waals surface area contributed by atoms with Gasteiger partial charge in [0.15, 0.2) is 0 Å². The molecule has 1 heterocycles. The second kappa shape index (κ2) is 7.98. The van der Waals surface area contributed by atoms with Gasteiger partial charge in [-0.2, -0.15) is 0 Å². The maximum Gasteiger partial charge on any atom is 0.253 e. The van der Waals surface area contributed by atoms with Crippen molar-refractivity contribution in [2.24, 2.45) is 0 Å². The lowest BCUT2D eigenvalue weighted by atomic mass is 10.1. The van der Waals surface area contributed by atoms with Gasteiger partial charge >= 0.3 is 0 Å². The average Bonchev–Trinajstić information content (AvgIpc) is 3.61. The first kappa shape index (κ1) is 18.4. The Hall–Kier alpha value is -1.92. The van der Waals surface area contributed by atoms with E-state index in [4.69, 9.17) is 4.74 Å². The van der Waals surface area contributed by atoms with E-state index in [2.05, 4.69) is 17.1 Å². The first-order valence-corrected chi connectivity index (χ1v) is 10.2. The lowest BCUT2D eigenvalue weighted by Crippen LogP contribution is -2.51. The summed E-state index contributed by atoms with van der Waals surface area (Å²) < 4.78 is 5.78. The summed E-state index contributed by atoms with van der Waals surface area (Å²) in [6, 6.07) is 8.33. The van der Waals surface area contributed by atoms with E-state index in [9.17, 15) is 9.59 Å². The predicted molar refractivity (Wildman–Crippen MR) is 102 cm³/mol. The molecular weight excluding hydrogens is 342 g/mol. The second-order valence-corrected chi connectivity index (χ2v) is 7.89. The third-order valence-electron chi connectivity index (χ3n) is 5.63. The van der Waals surface area contributed by atoms with Gasteiger partial charge in [-0.15, -0.1) is 0 Å². The van der Waals surface area contributed by atoms with E-state index in [0.29, 0.717) is 37.3 Å². The van der Waals surface area contributed by atoms with Crippen molar-refractivity contribution in [1.29, 1.82) is 0 Å². The van der Waals surface area contributed by atoms with Crippen LogP contribution in [0.1, 0.15) is 48.5 Å². The number of carbonyl (C=O) groups is 2. The van der Waals surface area contributed by atoms with E-state index in [1.165, 1.54) is 0 Å². The van der Waals surface area contributed by atoms with Gasteiger partial charge in [0.25, 0.3) is 11.8 Å². The van der Waals surface area contributed by atoms with Gasteiger partial charge in [-0.25, -0.2) is 0 Å². The summed E-state index contributed by atoms with van der Waals surface area (Å²) in [6.45, 7) is 5.84. The van der Waals surface area contributed by atoms with Crippen molar-refractivity contribution >= 4 is 11.8 Å². The molecule has 2 amide bonds. The van der Waals surface area contributed by atoms with Gasteiger partial charge in [0.2, 0.25) is 0 Å². The van der Waals surface area contributed by atoms with Crippen LogP contribution in [-0.2, 0) is 16.1 Å². The van der Waals surface area contributed by atoms with Crippen LogP contribution in [0.25, 0.3) is 0 Å². The molecule has 1 saturated heterocycles. The topological polar surface area (TPSA) is 61.9 Å². The molecule has 3 fully saturated rings. The molecule has 3 aliphatic rings. The van der Waals surface area contributed by atoms with Gasteiger partial charge in [0, 0.05) is 37.3 Å². The van der Waals surface area contributed by atoms with E-state index in [1.807, 2.05) is 29.2 Å². The number of ether oxygens (including phenoxy) is 1. The van der Waals surface area contributed by atoms with Gasteiger partial charge in [0.1, 0.15) is 6.10 Å². The summed E-state index contributed by atoms with van der Waals surface area (Å²) in [7, 11) is 0. The largest absolute Gasteiger partial charge is 0.366 e. The smallest absolute Gasteiger partial charge is 0.253 e. The molecule has 1 aliphatic heterocycles. The Balaban J connectivity index is 1.39. The summed E-state index contributed by atoms with van der Waals surface area (Å²) in [5.74, 6) is 0.0978. The molecule has 2 aliphatic carbocycles. The van der Waals surface area contributed by atoms with Gasteiger partial charge < -0.3 is 15.0 Å². The second-order valence-electron chi connectivity index (χ2n) is 7.89. The zero-order valence-electron chi connectivity index (χ0n) is 16.0.